The van der Waals surface area contributed by atoms with Crippen LogP contribution >= 0.6 is 0 Å². The molecule has 3 fully saturated rings. The van der Waals surface area contributed by atoms with Crippen molar-refractivity contribution >= 4 is 5.78 Å². The van der Waals surface area contributed by atoms with Crippen LogP contribution in [0.5, 0.6) is 0 Å². The molecule has 1 nitrogen and oxygen atoms in total. The normalized spacial score (nSPS) is 42.2. The molecule has 0 saturated heterocycles. The van der Waals surface area contributed by atoms with E-state index in [0.29, 0.717) is 5.78 Å². The van der Waals surface area contributed by atoms with Crippen molar-refractivity contribution < 1.29 is 4.79 Å². The van der Waals surface area contributed by atoms with Gasteiger partial charge in [0.15, 0.2) is 0 Å². The minimum atomic E-state index is 0.546. The molecular weight excluding hydrogens is 244 g/mol. The number of hydrogen-bond donors (Lipinski definition) is 0. The first-order valence-corrected chi connectivity index (χ1v) is 9.28. The fourth-order valence-corrected chi connectivity index (χ4v) is 5.51. The Morgan fingerprint density at radius 2 is 1.50 bits per heavy atom. The lowest BCUT2D eigenvalue weighted by Crippen LogP contribution is -2.34. The lowest BCUT2D eigenvalue weighted by Gasteiger charge is -2.43. The lowest BCUT2D eigenvalue weighted by atomic mass is 9.62. The summed E-state index contributed by atoms with van der Waals surface area (Å²) in [5.74, 6) is 5.29. The maximum atomic E-state index is 11.6. The van der Waals surface area contributed by atoms with Crippen molar-refractivity contribution in [2.45, 2.75) is 84.0 Å². The van der Waals surface area contributed by atoms with E-state index < -0.39 is 0 Å². The summed E-state index contributed by atoms with van der Waals surface area (Å²) >= 11 is 0. The number of ketones is 1. The molecule has 3 atom stereocenters. The molecule has 0 aromatic carbocycles. The number of carbonyl (C=O) groups excluding carboxylic acids is 1. The highest BCUT2D eigenvalue weighted by molar-refractivity contribution is 5.79. The largest absolute Gasteiger partial charge is 0.300 e. The molecule has 0 aromatic rings. The molecule has 20 heavy (non-hydrogen) atoms. The van der Waals surface area contributed by atoms with Gasteiger partial charge in [-0.25, -0.2) is 0 Å². The van der Waals surface area contributed by atoms with Crippen LogP contribution in [0.3, 0.4) is 0 Å². The molecule has 1 heteroatoms. The smallest absolute Gasteiger partial charge is 0.133 e. The molecule has 3 aliphatic rings. The van der Waals surface area contributed by atoms with E-state index in [4.69, 9.17) is 0 Å². The van der Waals surface area contributed by atoms with Gasteiger partial charge in [-0.05, 0) is 68.1 Å². The van der Waals surface area contributed by atoms with Crippen molar-refractivity contribution in [2.24, 2.45) is 29.6 Å². The van der Waals surface area contributed by atoms with E-state index in [1.165, 1.54) is 64.2 Å². The van der Waals surface area contributed by atoms with Gasteiger partial charge in [-0.2, -0.15) is 0 Å². The third-order valence-electron chi connectivity index (χ3n) is 6.72. The number of Topliss-reactive ketones (excluding diaryl/α,β-unsaturated/α-hetero) is 1. The fourth-order valence-electron chi connectivity index (χ4n) is 5.51. The minimum Gasteiger partial charge on any atom is -0.300 e. The first-order chi connectivity index (χ1) is 9.76. The van der Waals surface area contributed by atoms with Crippen LogP contribution in [0, 0.1) is 29.6 Å². The molecule has 0 amide bonds. The molecule has 0 spiro atoms. The van der Waals surface area contributed by atoms with Gasteiger partial charge in [0.1, 0.15) is 5.78 Å². The van der Waals surface area contributed by atoms with E-state index in [-0.39, 0.29) is 0 Å². The topological polar surface area (TPSA) is 17.1 Å². The van der Waals surface area contributed by atoms with Crippen LogP contribution in [0.1, 0.15) is 84.0 Å². The second-order valence-electron chi connectivity index (χ2n) is 7.94. The van der Waals surface area contributed by atoms with Crippen molar-refractivity contribution in [1.82, 2.24) is 0 Å². The summed E-state index contributed by atoms with van der Waals surface area (Å²) in [4.78, 5) is 11.6. The van der Waals surface area contributed by atoms with Gasteiger partial charge in [0.25, 0.3) is 0 Å². The van der Waals surface area contributed by atoms with E-state index in [1.54, 1.807) is 0 Å². The molecule has 0 N–H and O–H groups in total. The van der Waals surface area contributed by atoms with Gasteiger partial charge in [-0.1, -0.05) is 32.6 Å². The highest BCUT2D eigenvalue weighted by Gasteiger charge is 2.38. The van der Waals surface area contributed by atoms with Crippen LogP contribution in [0.15, 0.2) is 0 Å². The zero-order valence-corrected chi connectivity index (χ0v) is 13.3. The molecule has 3 saturated carbocycles. The van der Waals surface area contributed by atoms with Gasteiger partial charge < -0.3 is 0 Å². The van der Waals surface area contributed by atoms with Crippen LogP contribution in [-0.2, 0) is 4.79 Å². The summed E-state index contributed by atoms with van der Waals surface area (Å²) in [5, 5.41) is 0. The fraction of sp³-hybridized carbons (Fsp3) is 0.947. The number of fused-ring (bicyclic) bond motifs is 1. The van der Waals surface area contributed by atoms with Crippen molar-refractivity contribution in [3.63, 3.8) is 0 Å². The molecule has 114 valence electrons. The van der Waals surface area contributed by atoms with Gasteiger partial charge in [-0.3, -0.25) is 4.79 Å². The van der Waals surface area contributed by atoms with E-state index in [1.807, 2.05) is 0 Å². The Morgan fingerprint density at radius 1 is 0.850 bits per heavy atom. The second-order valence-corrected chi connectivity index (χ2v) is 7.94. The predicted molar refractivity (Wildman–Crippen MR) is 83.5 cm³/mol. The van der Waals surface area contributed by atoms with E-state index in [0.717, 1.165) is 42.4 Å². The van der Waals surface area contributed by atoms with Gasteiger partial charge in [0, 0.05) is 12.8 Å². The Labute approximate surface area is 124 Å². The van der Waals surface area contributed by atoms with Crippen LogP contribution in [0.4, 0.5) is 0 Å². The lowest BCUT2D eigenvalue weighted by molar-refractivity contribution is -0.123. The van der Waals surface area contributed by atoms with Gasteiger partial charge in [0.2, 0.25) is 0 Å². The Kier molecular flexibility index (Phi) is 4.83. The maximum Gasteiger partial charge on any atom is 0.133 e. The molecule has 0 unspecified atom stereocenters. The third-order valence-corrected chi connectivity index (χ3v) is 6.72. The third kappa shape index (κ3) is 3.28. The van der Waals surface area contributed by atoms with Gasteiger partial charge in [-0.15, -0.1) is 0 Å². The summed E-state index contributed by atoms with van der Waals surface area (Å²) in [6, 6.07) is 0. The van der Waals surface area contributed by atoms with Crippen LogP contribution < -0.4 is 0 Å². The summed E-state index contributed by atoms with van der Waals surface area (Å²) in [5.41, 5.74) is 0. The van der Waals surface area contributed by atoms with Crippen LogP contribution in [0.2, 0.25) is 0 Å². The Balaban J connectivity index is 1.49. The SMILES string of the molecule is CCCC1CCC([C@H]2CC[C@@H]3CC(=O)CC[C@H]3C2)CC1. The first-order valence-electron chi connectivity index (χ1n) is 9.28. The summed E-state index contributed by atoms with van der Waals surface area (Å²) in [6.07, 6.45) is 16.1. The molecule has 0 radical (unpaired) electrons. The predicted octanol–water partition coefficient (Wildman–Crippen LogP) is 5.38. The summed E-state index contributed by atoms with van der Waals surface area (Å²) in [7, 11) is 0. The standard InChI is InChI=1S/C19H32O/c1-2-3-14-4-6-15(7-5-14)16-8-9-18-13-19(20)11-10-17(18)12-16/h14-18H,2-13H2,1H3/t14?,15?,16-,17-,18+/m0/s1. The molecular formula is C19H32O. The Bertz CT molecular complexity index is 327. The zero-order valence-electron chi connectivity index (χ0n) is 13.3. The van der Waals surface area contributed by atoms with Crippen molar-refractivity contribution in [3.8, 4) is 0 Å². The van der Waals surface area contributed by atoms with E-state index in [9.17, 15) is 4.79 Å². The van der Waals surface area contributed by atoms with Crippen LogP contribution in [-0.4, -0.2) is 5.78 Å². The Hall–Kier alpha value is -0.330. The van der Waals surface area contributed by atoms with Crippen LogP contribution in [0.25, 0.3) is 0 Å². The molecule has 3 aliphatic carbocycles. The molecule has 3 rings (SSSR count). The number of hydrogen-bond acceptors (Lipinski definition) is 1. The average molecular weight is 276 g/mol. The first kappa shape index (κ1) is 14.6. The second kappa shape index (κ2) is 6.62. The number of rotatable bonds is 3. The zero-order chi connectivity index (χ0) is 13.9. The molecule has 0 bridgehead atoms. The summed E-state index contributed by atoms with van der Waals surface area (Å²) < 4.78 is 0. The monoisotopic (exact) mass is 276 g/mol. The van der Waals surface area contributed by atoms with E-state index in [2.05, 4.69) is 6.92 Å². The molecule has 0 aromatic heterocycles. The highest BCUT2D eigenvalue weighted by atomic mass is 16.1. The molecule has 0 aliphatic heterocycles. The van der Waals surface area contributed by atoms with Crippen molar-refractivity contribution in [2.75, 3.05) is 0 Å². The van der Waals surface area contributed by atoms with Gasteiger partial charge >= 0.3 is 0 Å². The number of carbonyl (C=O) groups is 1. The van der Waals surface area contributed by atoms with E-state index >= 15 is 0 Å². The Morgan fingerprint density at radius 3 is 2.25 bits per heavy atom. The summed E-state index contributed by atoms with van der Waals surface area (Å²) in [6.45, 7) is 2.33. The highest BCUT2D eigenvalue weighted by Crippen LogP contribution is 2.47. The van der Waals surface area contributed by atoms with Crippen molar-refractivity contribution in [3.05, 3.63) is 0 Å². The van der Waals surface area contributed by atoms with Gasteiger partial charge in [0.05, 0.1) is 0 Å². The van der Waals surface area contributed by atoms with Crippen molar-refractivity contribution in [1.29, 1.82) is 0 Å². The molecule has 0 heterocycles. The maximum absolute atomic E-state index is 11.6. The average Bonchev–Trinajstić information content (AvgIpc) is 2.48. The minimum absolute atomic E-state index is 0.546. The quantitative estimate of drug-likeness (QED) is 0.676.